The van der Waals surface area contributed by atoms with Gasteiger partial charge in [-0.05, 0) is 36.6 Å². The van der Waals surface area contributed by atoms with E-state index in [4.69, 9.17) is 5.73 Å². The van der Waals surface area contributed by atoms with Crippen molar-refractivity contribution in [1.29, 1.82) is 0 Å². The van der Waals surface area contributed by atoms with Crippen LogP contribution < -0.4 is 5.73 Å². The number of rotatable bonds is 3. The summed E-state index contributed by atoms with van der Waals surface area (Å²) in [6, 6.07) is 9.94. The summed E-state index contributed by atoms with van der Waals surface area (Å²) in [6.07, 6.45) is 5.69. The Kier molecular flexibility index (Phi) is 4.01. The highest BCUT2D eigenvalue weighted by atomic mass is 16.2. The van der Waals surface area contributed by atoms with Crippen molar-refractivity contribution in [2.45, 2.75) is 25.4 Å². The fraction of sp³-hybridized carbons (Fsp3) is 0.375. The maximum absolute atomic E-state index is 12.5. The number of amides is 1. The lowest BCUT2D eigenvalue weighted by atomic mass is 10.0. The fourth-order valence-electron chi connectivity index (χ4n) is 2.84. The highest BCUT2D eigenvalue weighted by Crippen LogP contribution is 2.22. The third-order valence-electron chi connectivity index (χ3n) is 4.06. The third-order valence-corrected chi connectivity index (χ3v) is 4.06. The molecule has 0 atom stereocenters. The number of piperidine rings is 1. The predicted octanol–water partition coefficient (Wildman–Crippen LogP) is 1.82. The quantitative estimate of drug-likeness (QED) is 0.935. The summed E-state index contributed by atoms with van der Waals surface area (Å²) < 4.78 is 2.00. The van der Waals surface area contributed by atoms with E-state index in [1.54, 1.807) is 6.20 Å². The minimum absolute atomic E-state index is 0.101. The van der Waals surface area contributed by atoms with E-state index in [-0.39, 0.29) is 5.91 Å². The van der Waals surface area contributed by atoms with E-state index < -0.39 is 0 Å². The van der Waals surface area contributed by atoms with Gasteiger partial charge in [-0.25, -0.2) is 0 Å². The van der Waals surface area contributed by atoms with Crippen molar-refractivity contribution in [1.82, 2.24) is 14.7 Å². The summed E-state index contributed by atoms with van der Waals surface area (Å²) >= 11 is 0. The number of likely N-dealkylation sites (tertiary alicyclic amines) is 1. The summed E-state index contributed by atoms with van der Waals surface area (Å²) in [5.41, 5.74) is 7.36. The molecule has 1 saturated heterocycles. The van der Waals surface area contributed by atoms with Gasteiger partial charge in [0, 0.05) is 37.6 Å². The Labute approximate surface area is 124 Å². The average molecular weight is 284 g/mol. The van der Waals surface area contributed by atoms with Crippen molar-refractivity contribution in [3.8, 4) is 0 Å². The van der Waals surface area contributed by atoms with Gasteiger partial charge in [0.05, 0.1) is 6.04 Å². The Morgan fingerprint density at radius 2 is 2.10 bits per heavy atom. The molecular weight excluding hydrogens is 264 g/mol. The summed E-state index contributed by atoms with van der Waals surface area (Å²) in [6.45, 7) is 2.01. The lowest BCUT2D eigenvalue weighted by molar-refractivity contribution is 0.0690. The second-order valence-corrected chi connectivity index (χ2v) is 5.41. The van der Waals surface area contributed by atoms with E-state index in [2.05, 4.69) is 5.10 Å². The number of hydrogen-bond donors (Lipinski definition) is 1. The van der Waals surface area contributed by atoms with Crippen molar-refractivity contribution in [2.24, 2.45) is 5.73 Å². The van der Waals surface area contributed by atoms with Crippen LogP contribution in [0.3, 0.4) is 0 Å². The van der Waals surface area contributed by atoms with Crippen LogP contribution >= 0.6 is 0 Å². The van der Waals surface area contributed by atoms with Gasteiger partial charge in [0.25, 0.3) is 5.91 Å². The molecule has 1 amide bonds. The molecule has 0 radical (unpaired) electrons. The van der Waals surface area contributed by atoms with Gasteiger partial charge in [0.15, 0.2) is 0 Å². The Bertz CT molecular complexity index is 600. The van der Waals surface area contributed by atoms with Gasteiger partial charge >= 0.3 is 0 Å². The predicted molar refractivity (Wildman–Crippen MR) is 80.7 cm³/mol. The highest BCUT2D eigenvalue weighted by molar-refractivity contribution is 5.94. The largest absolute Gasteiger partial charge is 0.338 e. The topological polar surface area (TPSA) is 64.2 Å². The molecule has 5 heteroatoms. The van der Waals surface area contributed by atoms with Gasteiger partial charge in [-0.3, -0.25) is 9.48 Å². The van der Waals surface area contributed by atoms with Crippen LogP contribution in [0.4, 0.5) is 0 Å². The maximum Gasteiger partial charge on any atom is 0.253 e. The lowest BCUT2D eigenvalue weighted by Gasteiger charge is -2.32. The van der Waals surface area contributed by atoms with Crippen LogP contribution in [0.1, 0.15) is 34.8 Å². The minimum atomic E-state index is 0.101. The van der Waals surface area contributed by atoms with Crippen molar-refractivity contribution < 1.29 is 4.79 Å². The molecule has 1 aliphatic rings. The van der Waals surface area contributed by atoms with Gasteiger partial charge in [0.1, 0.15) is 0 Å². The molecule has 5 nitrogen and oxygen atoms in total. The van der Waals surface area contributed by atoms with E-state index >= 15 is 0 Å². The number of nitrogens with zero attached hydrogens (tertiary/aromatic N) is 3. The Balaban J connectivity index is 1.64. The molecule has 0 unspecified atom stereocenters. The first kappa shape index (κ1) is 13.8. The first-order valence-corrected chi connectivity index (χ1v) is 7.35. The Hall–Kier alpha value is -2.14. The van der Waals surface area contributed by atoms with E-state index in [1.807, 2.05) is 46.1 Å². The fourth-order valence-corrected chi connectivity index (χ4v) is 2.84. The first-order valence-electron chi connectivity index (χ1n) is 7.35. The number of benzene rings is 1. The van der Waals surface area contributed by atoms with Crippen molar-refractivity contribution in [3.05, 3.63) is 53.9 Å². The molecular formula is C16H20N4O. The van der Waals surface area contributed by atoms with Crippen molar-refractivity contribution >= 4 is 5.91 Å². The number of aromatic nitrogens is 2. The van der Waals surface area contributed by atoms with Gasteiger partial charge < -0.3 is 10.6 Å². The molecule has 2 aromatic rings. The molecule has 21 heavy (non-hydrogen) atoms. The first-order chi connectivity index (χ1) is 10.3. The minimum Gasteiger partial charge on any atom is -0.338 e. The summed E-state index contributed by atoms with van der Waals surface area (Å²) in [5.74, 6) is 0.101. The molecule has 1 aromatic carbocycles. The molecule has 3 rings (SSSR count). The summed E-state index contributed by atoms with van der Waals surface area (Å²) in [7, 11) is 0. The number of nitrogens with two attached hydrogens (primary N) is 1. The number of carbonyl (C=O) groups excluding carboxylic acids is 1. The Morgan fingerprint density at radius 3 is 2.76 bits per heavy atom. The smallest absolute Gasteiger partial charge is 0.253 e. The lowest BCUT2D eigenvalue weighted by Crippen LogP contribution is -2.39. The van der Waals surface area contributed by atoms with Gasteiger partial charge in [0.2, 0.25) is 0 Å². The molecule has 1 aromatic heterocycles. The SMILES string of the molecule is NCc1cccc(C(=O)N2CCC(n3cccn3)CC2)c1. The third kappa shape index (κ3) is 2.97. The second-order valence-electron chi connectivity index (χ2n) is 5.41. The molecule has 0 spiro atoms. The molecule has 0 bridgehead atoms. The normalized spacial score (nSPS) is 16.1. The summed E-state index contributed by atoms with van der Waals surface area (Å²) in [5, 5.41) is 4.29. The average Bonchev–Trinajstić information content (AvgIpc) is 3.09. The monoisotopic (exact) mass is 284 g/mol. The number of carbonyl (C=O) groups is 1. The van der Waals surface area contributed by atoms with Crippen LogP contribution in [0, 0.1) is 0 Å². The van der Waals surface area contributed by atoms with Gasteiger partial charge in [-0.1, -0.05) is 12.1 Å². The van der Waals surface area contributed by atoms with Crippen LogP contribution in [0.2, 0.25) is 0 Å². The van der Waals surface area contributed by atoms with Gasteiger partial charge in [-0.2, -0.15) is 5.10 Å². The van der Waals surface area contributed by atoms with Crippen molar-refractivity contribution in [3.63, 3.8) is 0 Å². The van der Waals surface area contributed by atoms with Crippen LogP contribution in [0.25, 0.3) is 0 Å². The molecule has 0 aliphatic carbocycles. The molecule has 0 saturated carbocycles. The maximum atomic E-state index is 12.5. The van der Waals surface area contributed by atoms with Crippen LogP contribution in [0.15, 0.2) is 42.7 Å². The van der Waals surface area contributed by atoms with Crippen LogP contribution in [-0.4, -0.2) is 33.7 Å². The zero-order valence-electron chi connectivity index (χ0n) is 12.0. The zero-order valence-corrected chi connectivity index (χ0v) is 12.0. The Morgan fingerprint density at radius 1 is 1.29 bits per heavy atom. The van der Waals surface area contributed by atoms with E-state index in [0.717, 1.165) is 37.1 Å². The standard InChI is InChI=1S/C16H20N4O/c17-12-13-3-1-4-14(11-13)16(21)19-9-5-15(6-10-19)20-8-2-7-18-20/h1-4,7-8,11,15H,5-6,9-10,12,17H2. The molecule has 2 heterocycles. The number of hydrogen-bond acceptors (Lipinski definition) is 3. The molecule has 110 valence electrons. The molecule has 2 N–H and O–H groups in total. The van der Waals surface area contributed by atoms with Crippen molar-refractivity contribution in [2.75, 3.05) is 13.1 Å². The van der Waals surface area contributed by atoms with Crippen LogP contribution in [-0.2, 0) is 6.54 Å². The summed E-state index contributed by atoms with van der Waals surface area (Å²) in [4.78, 5) is 14.4. The zero-order chi connectivity index (χ0) is 14.7. The van der Waals surface area contributed by atoms with Gasteiger partial charge in [-0.15, -0.1) is 0 Å². The van der Waals surface area contributed by atoms with E-state index in [1.165, 1.54) is 0 Å². The second kappa shape index (κ2) is 6.10. The molecule has 1 fully saturated rings. The van der Waals surface area contributed by atoms with E-state index in [9.17, 15) is 4.79 Å². The van der Waals surface area contributed by atoms with Crippen LogP contribution in [0.5, 0.6) is 0 Å². The molecule has 1 aliphatic heterocycles. The van der Waals surface area contributed by atoms with E-state index in [0.29, 0.717) is 12.6 Å². The highest BCUT2D eigenvalue weighted by Gasteiger charge is 2.24.